The molecule has 0 unspecified atom stereocenters. The fraction of sp³-hybridized carbons (Fsp3) is 0.316. The fourth-order valence-corrected chi connectivity index (χ4v) is 7.52. The number of rotatable bonds is 12. The number of fused-ring (bicyclic) bond motifs is 2. The van der Waals surface area contributed by atoms with Gasteiger partial charge in [-0.2, -0.15) is 18.4 Å². The van der Waals surface area contributed by atoms with Crippen LogP contribution in [-0.4, -0.2) is 57.3 Å². The van der Waals surface area contributed by atoms with Gasteiger partial charge in [0.15, 0.2) is 0 Å². The average molecular weight is 712 g/mol. The number of benzene rings is 2. The van der Waals surface area contributed by atoms with Crippen molar-refractivity contribution in [3.63, 3.8) is 0 Å². The predicted octanol–water partition coefficient (Wildman–Crippen LogP) is 7.39. The zero-order valence-electron chi connectivity index (χ0n) is 28.0. The van der Waals surface area contributed by atoms with E-state index in [-0.39, 0.29) is 23.4 Å². The third kappa shape index (κ3) is 8.34. The number of hydrogen-bond donors (Lipinski definition) is 2. The SMILES string of the molecule is C#CCOc1cc(CCn2c(C#N)cc3c(C)c(CN4CCC(Nc5ncnc6sc(CC(F)(F)F)cc56)CC4)ccc32)ccc1NC(=O)C=C. The molecule has 2 N–H and O–H groups in total. The minimum atomic E-state index is -4.27. The lowest BCUT2D eigenvalue weighted by molar-refractivity contribution is -0.126. The highest BCUT2D eigenvalue weighted by Gasteiger charge is 2.29. The van der Waals surface area contributed by atoms with Gasteiger partial charge in [0, 0.05) is 48.0 Å². The number of amides is 1. The second-order valence-electron chi connectivity index (χ2n) is 12.5. The summed E-state index contributed by atoms with van der Waals surface area (Å²) in [4.78, 5) is 23.6. The summed E-state index contributed by atoms with van der Waals surface area (Å²) in [5.74, 6) is 3.13. The number of alkyl halides is 3. The number of nitrogens with one attached hydrogen (secondary N) is 2. The van der Waals surface area contributed by atoms with Crippen LogP contribution in [0.5, 0.6) is 5.75 Å². The van der Waals surface area contributed by atoms with Crippen molar-refractivity contribution >= 4 is 49.9 Å². The highest BCUT2D eigenvalue weighted by atomic mass is 32.1. The minimum absolute atomic E-state index is 0.0528. The van der Waals surface area contributed by atoms with E-state index in [1.165, 1.54) is 18.0 Å². The molecule has 5 aromatic rings. The highest BCUT2D eigenvalue weighted by Crippen LogP contribution is 2.34. The number of hydrogen-bond acceptors (Lipinski definition) is 8. The van der Waals surface area contributed by atoms with E-state index in [1.807, 2.05) is 22.8 Å². The Morgan fingerprint density at radius 2 is 1.98 bits per heavy atom. The van der Waals surface area contributed by atoms with Gasteiger partial charge in [0.25, 0.3) is 0 Å². The Labute approximate surface area is 297 Å². The molecular weight excluding hydrogens is 676 g/mol. The summed E-state index contributed by atoms with van der Waals surface area (Å²) < 4.78 is 46.6. The number of nitrogens with zero attached hydrogens (tertiary/aromatic N) is 5. The number of terminal acetylenes is 1. The number of carbonyl (C=O) groups excluding carboxylic acids is 1. The van der Waals surface area contributed by atoms with Crippen LogP contribution in [0.15, 0.2) is 61.4 Å². The smallest absolute Gasteiger partial charge is 0.393 e. The molecule has 262 valence electrons. The Bertz CT molecular complexity index is 2170. The maximum atomic E-state index is 13.0. The number of ether oxygens (including phenoxy) is 1. The summed E-state index contributed by atoms with van der Waals surface area (Å²) in [5, 5.41) is 17.9. The normalized spacial score (nSPS) is 13.9. The van der Waals surface area contributed by atoms with Gasteiger partial charge in [-0.1, -0.05) is 24.6 Å². The van der Waals surface area contributed by atoms with E-state index < -0.39 is 12.6 Å². The summed E-state index contributed by atoms with van der Waals surface area (Å²) in [6.45, 7) is 8.66. The van der Waals surface area contributed by atoms with E-state index in [2.05, 4.69) is 63.1 Å². The van der Waals surface area contributed by atoms with Crippen LogP contribution in [0, 0.1) is 30.6 Å². The minimum Gasteiger partial charge on any atom is -0.479 e. The Kier molecular flexibility index (Phi) is 10.6. The number of aryl methyl sites for hydroxylation is 3. The van der Waals surface area contributed by atoms with Gasteiger partial charge in [-0.05, 0) is 79.3 Å². The Hall–Kier alpha value is -5.37. The van der Waals surface area contributed by atoms with Crippen molar-refractivity contribution < 1.29 is 22.7 Å². The molecule has 13 heteroatoms. The first-order valence-corrected chi connectivity index (χ1v) is 17.3. The van der Waals surface area contributed by atoms with E-state index in [9.17, 15) is 23.2 Å². The van der Waals surface area contributed by atoms with Crippen LogP contribution < -0.4 is 15.4 Å². The first-order valence-electron chi connectivity index (χ1n) is 16.5. The monoisotopic (exact) mass is 711 g/mol. The number of thiophene rings is 1. The summed E-state index contributed by atoms with van der Waals surface area (Å²) >= 11 is 1.05. The molecule has 1 amide bonds. The van der Waals surface area contributed by atoms with Gasteiger partial charge < -0.3 is 19.9 Å². The Morgan fingerprint density at radius 3 is 2.71 bits per heavy atom. The predicted molar refractivity (Wildman–Crippen MR) is 194 cm³/mol. The maximum Gasteiger partial charge on any atom is 0.393 e. The first kappa shape index (κ1) is 35.5. The van der Waals surface area contributed by atoms with Gasteiger partial charge >= 0.3 is 6.18 Å². The van der Waals surface area contributed by atoms with Gasteiger partial charge in [0.1, 0.15) is 41.1 Å². The second-order valence-corrected chi connectivity index (χ2v) is 13.6. The van der Waals surface area contributed by atoms with E-state index in [1.54, 1.807) is 12.1 Å². The lowest BCUT2D eigenvalue weighted by atomic mass is 10.0. The molecule has 0 saturated carbocycles. The molecule has 2 aromatic carbocycles. The number of carbonyl (C=O) groups is 1. The van der Waals surface area contributed by atoms with E-state index in [0.717, 1.165) is 65.8 Å². The van der Waals surface area contributed by atoms with Gasteiger partial charge in [0.05, 0.1) is 17.5 Å². The number of halogens is 3. The Morgan fingerprint density at radius 1 is 1.18 bits per heavy atom. The van der Waals surface area contributed by atoms with Crippen molar-refractivity contribution in [2.75, 3.05) is 30.3 Å². The summed E-state index contributed by atoms with van der Waals surface area (Å²) in [6, 6.07) is 15.7. The van der Waals surface area contributed by atoms with E-state index >= 15 is 0 Å². The molecule has 1 fully saturated rings. The highest BCUT2D eigenvalue weighted by molar-refractivity contribution is 7.18. The van der Waals surface area contributed by atoms with Crippen LogP contribution in [0.1, 0.15) is 40.1 Å². The molecule has 1 aliphatic rings. The topological polar surface area (TPSA) is 108 Å². The molecule has 1 aliphatic heterocycles. The third-order valence-electron chi connectivity index (χ3n) is 9.08. The second kappa shape index (κ2) is 15.3. The number of likely N-dealkylation sites (tertiary alicyclic amines) is 1. The summed E-state index contributed by atoms with van der Waals surface area (Å²) in [7, 11) is 0. The standard InChI is InChI=1S/C38H36F3N7O2S/c1-4-16-50-34-17-25(6-8-32(34)46-35(49)5-2)10-15-48-28(21-42)18-30-24(3)26(7-9-33(30)48)22-47-13-11-27(12-14-47)45-36-31-19-29(20-38(39,40)41)51-37(31)44-23-43-36/h1,5-9,17-19,23,27H,2,10-16,20,22H2,3H3,(H,46,49)(H,43,44,45). The van der Waals surface area contributed by atoms with Crippen LogP contribution in [0.4, 0.5) is 24.7 Å². The summed E-state index contributed by atoms with van der Waals surface area (Å²) in [6.07, 6.45) is 5.06. The molecule has 51 heavy (non-hydrogen) atoms. The molecular formula is C38H36F3N7O2S. The van der Waals surface area contributed by atoms with Crippen LogP contribution in [0.3, 0.4) is 0 Å². The lowest BCUT2D eigenvalue weighted by Crippen LogP contribution is -2.39. The molecule has 0 bridgehead atoms. The molecule has 0 aliphatic carbocycles. The van der Waals surface area contributed by atoms with Crippen LogP contribution in [-0.2, 0) is 30.7 Å². The van der Waals surface area contributed by atoms with Crippen molar-refractivity contribution in [3.05, 3.63) is 88.7 Å². The van der Waals surface area contributed by atoms with Gasteiger partial charge in [-0.25, -0.2) is 9.97 Å². The molecule has 6 rings (SSSR count). The fourth-order valence-electron chi connectivity index (χ4n) is 6.49. The van der Waals surface area contributed by atoms with E-state index in [4.69, 9.17) is 11.2 Å². The van der Waals surface area contributed by atoms with Crippen molar-refractivity contribution in [1.82, 2.24) is 19.4 Å². The van der Waals surface area contributed by atoms with Gasteiger partial charge in [-0.15, -0.1) is 17.8 Å². The van der Waals surface area contributed by atoms with Gasteiger partial charge in [0.2, 0.25) is 5.91 Å². The quantitative estimate of drug-likeness (QED) is 0.103. The number of anilines is 2. The molecule has 0 spiro atoms. The number of aromatic nitrogens is 3. The van der Waals surface area contributed by atoms with Gasteiger partial charge in [-0.3, -0.25) is 9.69 Å². The zero-order valence-corrected chi connectivity index (χ0v) is 28.8. The van der Waals surface area contributed by atoms with Crippen molar-refractivity contribution in [3.8, 4) is 24.2 Å². The maximum absolute atomic E-state index is 13.0. The molecule has 3 aromatic heterocycles. The molecule has 4 heterocycles. The molecule has 1 saturated heterocycles. The van der Waals surface area contributed by atoms with E-state index in [0.29, 0.717) is 46.1 Å². The lowest BCUT2D eigenvalue weighted by Gasteiger charge is -2.33. The van der Waals surface area contributed by atoms with Crippen LogP contribution >= 0.6 is 11.3 Å². The van der Waals surface area contributed by atoms with Crippen LogP contribution in [0.25, 0.3) is 21.1 Å². The number of nitriles is 1. The number of piperidine rings is 1. The van der Waals surface area contributed by atoms with Crippen molar-refractivity contribution in [2.45, 2.75) is 57.9 Å². The zero-order chi connectivity index (χ0) is 36.1. The summed E-state index contributed by atoms with van der Waals surface area (Å²) in [5.41, 5.74) is 5.34. The first-order chi connectivity index (χ1) is 24.5. The molecule has 0 atom stereocenters. The van der Waals surface area contributed by atoms with Crippen molar-refractivity contribution in [1.29, 1.82) is 5.26 Å². The average Bonchev–Trinajstić information content (AvgIpc) is 3.69. The third-order valence-corrected chi connectivity index (χ3v) is 10.1. The van der Waals surface area contributed by atoms with Crippen LogP contribution in [0.2, 0.25) is 0 Å². The molecule has 0 radical (unpaired) electrons. The van der Waals surface area contributed by atoms with Crippen molar-refractivity contribution in [2.24, 2.45) is 0 Å². The largest absolute Gasteiger partial charge is 0.479 e. The molecule has 9 nitrogen and oxygen atoms in total. The Balaban J connectivity index is 1.10.